The highest BCUT2D eigenvalue weighted by molar-refractivity contribution is 6.34. The largest absolute Gasteiger partial charge is 0.381 e. The van der Waals surface area contributed by atoms with Crippen LogP contribution in [-0.4, -0.2) is 30.6 Å². The molecule has 0 aromatic heterocycles. The molecule has 0 spiro atoms. The van der Waals surface area contributed by atoms with Gasteiger partial charge < -0.3 is 15.5 Å². The summed E-state index contributed by atoms with van der Waals surface area (Å²) >= 11 is 5.90. The molecular weight excluding hydrogens is 300 g/mol. The summed E-state index contributed by atoms with van der Waals surface area (Å²) in [5.41, 5.74) is 1.91. The standard InChI is InChI=1S/C12H15ClN4O4/c13-9-3-8(4-10(17(19)20)11(9)16-14)12(18)15-5-7-1-2-21-6-7/h3-4,7,16H,1-2,5-6,14H2,(H,15,18). The Balaban J connectivity index is 2.14. The van der Waals surface area contributed by atoms with E-state index in [1.54, 1.807) is 0 Å². The fourth-order valence-electron chi connectivity index (χ4n) is 2.09. The summed E-state index contributed by atoms with van der Waals surface area (Å²) in [7, 11) is 0. The zero-order valence-electron chi connectivity index (χ0n) is 11.1. The first kappa shape index (κ1) is 15.5. The van der Waals surface area contributed by atoms with E-state index < -0.39 is 10.8 Å². The number of hydrogen-bond acceptors (Lipinski definition) is 6. The quantitative estimate of drug-likeness (QED) is 0.428. The number of nitro benzene ring substituents is 1. The normalized spacial score (nSPS) is 17.5. The molecule has 114 valence electrons. The molecule has 8 nitrogen and oxygen atoms in total. The number of anilines is 1. The average Bonchev–Trinajstić information content (AvgIpc) is 2.96. The van der Waals surface area contributed by atoms with Gasteiger partial charge in [-0.25, -0.2) is 0 Å². The number of ether oxygens (including phenoxy) is 1. The van der Waals surface area contributed by atoms with Crippen molar-refractivity contribution < 1.29 is 14.5 Å². The molecule has 0 aliphatic carbocycles. The number of halogens is 1. The first-order valence-electron chi connectivity index (χ1n) is 6.33. The third-order valence-electron chi connectivity index (χ3n) is 3.25. The number of carbonyl (C=O) groups excluding carboxylic acids is 1. The van der Waals surface area contributed by atoms with Gasteiger partial charge >= 0.3 is 0 Å². The summed E-state index contributed by atoms with van der Waals surface area (Å²) in [4.78, 5) is 22.4. The number of rotatable bonds is 5. The van der Waals surface area contributed by atoms with E-state index in [-0.39, 0.29) is 27.9 Å². The van der Waals surface area contributed by atoms with E-state index in [1.807, 2.05) is 0 Å². The number of hydrogen-bond donors (Lipinski definition) is 3. The van der Waals surface area contributed by atoms with Gasteiger partial charge in [-0.2, -0.15) is 0 Å². The first-order valence-corrected chi connectivity index (χ1v) is 6.71. The van der Waals surface area contributed by atoms with Gasteiger partial charge in [0.2, 0.25) is 0 Å². The molecule has 9 heteroatoms. The lowest BCUT2D eigenvalue weighted by atomic mass is 10.1. The molecule has 1 aromatic rings. The Labute approximate surface area is 125 Å². The van der Waals surface area contributed by atoms with Crippen molar-refractivity contribution >= 4 is 28.9 Å². The number of nitro groups is 1. The van der Waals surface area contributed by atoms with E-state index in [2.05, 4.69) is 10.7 Å². The van der Waals surface area contributed by atoms with Gasteiger partial charge in [-0.1, -0.05) is 11.6 Å². The van der Waals surface area contributed by atoms with Gasteiger partial charge in [0.05, 0.1) is 16.6 Å². The van der Waals surface area contributed by atoms with Crippen LogP contribution in [0.3, 0.4) is 0 Å². The van der Waals surface area contributed by atoms with Crippen LogP contribution in [0, 0.1) is 16.0 Å². The molecule has 1 unspecified atom stereocenters. The molecule has 0 radical (unpaired) electrons. The van der Waals surface area contributed by atoms with E-state index in [1.165, 1.54) is 6.07 Å². The van der Waals surface area contributed by atoms with Crippen LogP contribution >= 0.6 is 11.6 Å². The van der Waals surface area contributed by atoms with Crippen molar-refractivity contribution in [1.29, 1.82) is 0 Å². The number of carbonyl (C=O) groups is 1. The third kappa shape index (κ3) is 3.60. The summed E-state index contributed by atoms with van der Waals surface area (Å²) in [5.74, 6) is 5.05. The number of nitrogens with one attached hydrogen (secondary N) is 2. The number of nitrogens with zero attached hydrogens (tertiary/aromatic N) is 1. The van der Waals surface area contributed by atoms with Crippen LogP contribution in [0.15, 0.2) is 12.1 Å². The van der Waals surface area contributed by atoms with Gasteiger partial charge in [0, 0.05) is 30.7 Å². The highest BCUT2D eigenvalue weighted by atomic mass is 35.5. The van der Waals surface area contributed by atoms with Crippen molar-refractivity contribution in [2.24, 2.45) is 11.8 Å². The molecule has 4 N–H and O–H groups in total. The predicted octanol–water partition coefficient (Wildman–Crippen LogP) is 1.30. The maximum absolute atomic E-state index is 12.0. The Morgan fingerprint density at radius 2 is 2.33 bits per heavy atom. The van der Waals surface area contributed by atoms with Crippen LogP contribution in [0.25, 0.3) is 0 Å². The SMILES string of the molecule is NNc1c(Cl)cc(C(=O)NCC2CCOC2)cc1[N+](=O)[O-]. The van der Waals surface area contributed by atoms with Crippen LogP contribution < -0.4 is 16.6 Å². The summed E-state index contributed by atoms with van der Waals surface area (Å²) in [6.07, 6.45) is 0.886. The summed E-state index contributed by atoms with van der Waals surface area (Å²) in [6.45, 7) is 1.76. The molecule has 21 heavy (non-hydrogen) atoms. The molecule has 1 saturated heterocycles. The van der Waals surface area contributed by atoms with Gasteiger partial charge in [-0.3, -0.25) is 20.8 Å². The second-order valence-electron chi connectivity index (χ2n) is 4.69. The minimum atomic E-state index is -0.650. The fraction of sp³-hybridized carbons (Fsp3) is 0.417. The van der Waals surface area contributed by atoms with Crippen LogP contribution in [-0.2, 0) is 4.74 Å². The summed E-state index contributed by atoms with van der Waals surface area (Å²) < 4.78 is 5.21. The van der Waals surface area contributed by atoms with Crippen molar-refractivity contribution in [3.8, 4) is 0 Å². The monoisotopic (exact) mass is 314 g/mol. The lowest BCUT2D eigenvalue weighted by Gasteiger charge is -2.11. The highest BCUT2D eigenvalue weighted by Gasteiger charge is 2.22. The minimum Gasteiger partial charge on any atom is -0.381 e. The molecular formula is C12H15ClN4O4. The van der Waals surface area contributed by atoms with Gasteiger partial charge in [0.25, 0.3) is 11.6 Å². The molecule has 1 atom stereocenters. The van der Waals surface area contributed by atoms with E-state index in [4.69, 9.17) is 22.2 Å². The summed E-state index contributed by atoms with van der Waals surface area (Å²) in [6, 6.07) is 2.48. The van der Waals surface area contributed by atoms with Crippen LogP contribution in [0.2, 0.25) is 5.02 Å². The fourth-order valence-corrected chi connectivity index (χ4v) is 2.36. The third-order valence-corrected chi connectivity index (χ3v) is 3.55. The minimum absolute atomic E-state index is 0.0149. The lowest BCUT2D eigenvalue weighted by molar-refractivity contribution is -0.384. The van der Waals surface area contributed by atoms with Crippen LogP contribution in [0.1, 0.15) is 16.8 Å². The van der Waals surface area contributed by atoms with Crippen molar-refractivity contribution in [3.63, 3.8) is 0 Å². The molecule has 1 heterocycles. The maximum Gasteiger partial charge on any atom is 0.295 e. The van der Waals surface area contributed by atoms with E-state index >= 15 is 0 Å². The van der Waals surface area contributed by atoms with Gasteiger partial charge in [-0.15, -0.1) is 0 Å². The predicted molar refractivity (Wildman–Crippen MR) is 77.2 cm³/mol. The van der Waals surface area contributed by atoms with Crippen molar-refractivity contribution in [1.82, 2.24) is 5.32 Å². The van der Waals surface area contributed by atoms with Crippen LogP contribution in [0.5, 0.6) is 0 Å². The molecule has 1 amide bonds. The molecule has 1 aliphatic heterocycles. The van der Waals surface area contributed by atoms with Gasteiger partial charge in [-0.05, 0) is 12.5 Å². The second kappa shape index (κ2) is 6.70. The molecule has 0 saturated carbocycles. The van der Waals surface area contributed by atoms with Gasteiger partial charge in [0.1, 0.15) is 5.69 Å². The zero-order valence-corrected chi connectivity index (χ0v) is 11.9. The Bertz CT molecular complexity index is 560. The topological polar surface area (TPSA) is 120 Å². The smallest absolute Gasteiger partial charge is 0.295 e. The zero-order chi connectivity index (χ0) is 15.4. The molecule has 1 aliphatic rings. The number of amides is 1. The first-order chi connectivity index (χ1) is 10.0. The molecule has 1 fully saturated rings. The summed E-state index contributed by atoms with van der Waals surface area (Å²) in [5, 5.41) is 13.7. The maximum atomic E-state index is 12.0. The number of nitrogens with two attached hydrogens (primary N) is 1. The van der Waals surface area contributed by atoms with Crippen molar-refractivity contribution in [2.45, 2.75) is 6.42 Å². The van der Waals surface area contributed by atoms with Crippen LogP contribution in [0.4, 0.5) is 11.4 Å². The Hall–Kier alpha value is -1.90. The average molecular weight is 315 g/mol. The highest BCUT2D eigenvalue weighted by Crippen LogP contribution is 2.32. The van der Waals surface area contributed by atoms with E-state index in [0.29, 0.717) is 19.8 Å². The van der Waals surface area contributed by atoms with E-state index in [9.17, 15) is 14.9 Å². The lowest BCUT2D eigenvalue weighted by Crippen LogP contribution is -2.29. The Kier molecular flexibility index (Phi) is 4.94. The number of nitrogen functional groups attached to an aromatic ring is 1. The Morgan fingerprint density at radius 3 is 2.90 bits per heavy atom. The van der Waals surface area contributed by atoms with Crippen molar-refractivity contribution in [3.05, 3.63) is 32.8 Å². The number of benzene rings is 1. The molecule has 0 bridgehead atoms. The molecule has 2 rings (SSSR count). The molecule has 1 aromatic carbocycles. The van der Waals surface area contributed by atoms with Gasteiger partial charge in [0.15, 0.2) is 0 Å². The second-order valence-corrected chi connectivity index (χ2v) is 5.10. The van der Waals surface area contributed by atoms with Crippen molar-refractivity contribution in [2.75, 3.05) is 25.2 Å². The Morgan fingerprint density at radius 1 is 1.57 bits per heavy atom. The number of hydrazine groups is 1. The van der Waals surface area contributed by atoms with E-state index in [0.717, 1.165) is 12.5 Å².